The second-order valence-electron chi connectivity index (χ2n) is 7.64. The normalized spacial score (nSPS) is 15.8. The van der Waals surface area contributed by atoms with Crippen molar-refractivity contribution in [3.05, 3.63) is 60.7 Å². The van der Waals surface area contributed by atoms with E-state index in [2.05, 4.69) is 51.1 Å². The van der Waals surface area contributed by atoms with Crippen LogP contribution in [0.4, 0.5) is 5.69 Å². The first-order chi connectivity index (χ1) is 13.7. The van der Waals surface area contributed by atoms with Gasteiger partial charge in [-0.15, -0.1) is 0 Å². The Morgan fingerprint density at radius 3 is 2.75 bits per heavy atom. The van der Waals surface area contributed by atoms with Crippen LogP contribution in [0.15, 0.2) is 54.9 Å². The molecule has 1 fully saturated rings. The average molecular weight is 377 g/mol. The quantitative estimate of drug-likeness (QED) is 0.709. The SMILES string of the molecule is CCc1nccn1CC1CCN(CC(=O)Nc2cccc3ccccc23)CC1. The molecule has 0 aliphatic carbocycles. The van der Waals surface area contributed by atoms with Crippen LogP contribution in [0.25, 0.3) is 10.8 Å². The van der Waals surface area contributed by atoms with E-state index in [0.29, 0.717) is 12.5 Å². The number of benzene rings is 2. The molecule has 5 heteroatoms. The summed E-state index contributed by atoms with van der Waals surface area (Å²) in [6, 6.07) is 14.2. The number of nitrogens with zero attached hydrogens (tertiary/aromatic N) is 3. The van der Waals surface area contributed by atoms with Crippen LogP contribution < -0.4 is 5.32 Å². The van der Waals surface area contributed by atoms with E-state index in [4.69, 9.17) is 0 Å². The molecule has 1 amide bonds. The number of piperidine rings is 1. The zero-order chi connectivity index (χ0) is 19.3. The molecule has 4 rings (SSSR count). The summed E-state index contributed by atoms with van der Waals surface area (Å²) in [5.74, 6) is 1.89. The number of imidazole rings is 1. The molecule has 0 saturated carbocycles. The number of carbonyl (C=O) groups is 1. The number of amides is 1. The zero-order valence-electron chi connectivity index (χ0n) is 16.5. The fourth-order valence-corrected chi connectivity index (χ4v) is 4.15. The van der Waals surface area contributed by atoms with E-state index in [1.165, 1.54) is 0 Å². The molecule has 0 spiro atoms. The number of nitrogens with one attached hydrogen (secondary N) is 1. The van der Waals surface area contributed by atoms with Gasteiger partial charge in [-0.3, -0.25) is 9.69 Å². The van der Waals surface area contributed by atoms with Crippen LogP contribution in [-0.4, -0.2) is 40.0 Å². The van der Waals surface area contributed by atoms with Gasteiger partial charge in [-0.25, -0.2) is 4.98 Å². The topological polar surface area (TPSA) is 50.2 Å². The predicted octanol–water partition coefficient (Wildman–Crippen LogP) is 3.95. The molecule has 1 N–H and O–H groups in total. The molecule has 1 aromatic heterocycles. The van der Waals surface area contributed by atoms with E-state index < -0.39 is 0 Å². The number of likely N-dealkylation sites (tertiary alicyclic amines) is 1. The summed E-state index contributed by atoms with van der Waals surface area (Å²) in [5.41, 5.74) is 0.894. The van der Waals surface area contributed by atoms with Crippen LogP contribution in [0.1, 0.15) is 25.6 Å². The second-order valence-corrected chi connectivity index (χ2v) is 7.64. The van der Waals surface area contributed by atoms with Crippen molar-refractivity contribution < 1.29 is 4.79 Å². The Balaban J connectivity index is 1.29. The van der Waals surface area contributed by atoms with Crippen LogP contribution in [0, 0.1) is 5.92 Å². The molecule has 0 bridgehead atoms. The fourth-order valence-electron chi connectivity index (χ4n) is 4.15. The van der Waals surface area contributed by atoms with Gasteiger partial charge < -0.3 is 9.88 Å². The number of fused-ring (bicyclic) bond motifs is 1. The lowest BCUT2D eigenvalue weighted by atomic mass is 9.96. The molecule has 1 saturated heterocycles. The minimum Gasteiger partial charge on any atom is -0.335 e. The van der Waals surface area contributed by atoms with E-state index in [9.17, 15) is 4.79 Å². The first-order valence-electron chi connectivity index (χ1n) is 10.2. The Bertz CT molecular complexity index is 935. The number of anilines is 1. The Morgan fingerprint density at radius 2 is 1.93 bits per heavy atom. The highest BCUT2D eigenvalue weighted by atomic mass is 16.2. The Hall–Kier alpha value is -2.66. The van der Waals surface area contributed by atoms with Gasteiger partial charge in [-0.05, 0) is 43.3 Å². The van der Waals surface area contributed by atoms with Crippen LogP contribution in [0.2, 0.25) is 0 Å². The average Bonchev–Trinajstić information content (AvgIpc) is 3.17. The van der Waals surface area contributed by atoms with Crippen LogP contribution in [0.3, 0.4) is 0 Å². The lowest BCUT2D eigenvalue weighted by Gasteiger charge is -2.31. The molecule has 3 aromatic rings. The molecule has 5 nitrogen and oxygen atoms in total. The van der Waals surface area contributed by atoms with Crippen LogP contribution in [0.5, 0.6) is 0 Å². The summed E-state index contributed by atoms with van der Waals surface area (Å²) >= 11 is 0. The number of rotatable bonds is 6. The molecular weight excluding hydrogens is 348 g/mol. The molecule has 28 heavy (non-hydrogen) atoms. The maximum Gasteiger partial charge on any atom is 0.238 e. The van der Waals surface area contributed by atoms with Gasteiger partial charge in [0.1, 0.15) is 5.82 Å². The molecule has 1 aliphatic rings. The zero-order valence-corrected chi connectivity index (χ0v) is 16.5. The maximum absolute atomic E-state index is 12.6. The van der Waals surface area contributed by atoms with Crippen molar-refractivity contribution in [2.75, 3.05) is 25.0 Å². The summed E-state index contributed by atoms with van der Waals surface area (Å²) in [7, 11) is 0. The Morgan fingerprint density at radius 1 is 1.14 bits per heavy atom. The third-order valence-corrected chi connectivity index (χ3v) is 5.71. The summed E-state index contributed by atoms with van der Waals surface area (Å²) in [6.45, 7) is 5.60. The van der Waals surface area contributed by atoms with Crippen molar-refractivity contribution in [2.45, 2.75) is 32.7 Å². The minimum absolute atomic E-state index is 0.0673. The molecule has 0 unspecified atom stereocenters. The van der Waals surface area contributed by atoms with Gasteiger partial charge in [-0.1, -0.05) is 43.3 Å². The van der Waals surface area contributed by atoms with Crippen molar-refractivity contribution >= 4 is 22.4 Å². The first-order valence-corrected chi connectivity index (χ1v) is 10.2. The van der Waals surface area contributed by atoms with E-state index in [-0.39, 0.29) is 5.91 Å². The largest absolute Gasteiger partial charge is 0.335 e. The lowest BCUT2D eigenvalue weighted by molar-refractivity contribution is -0.117. The van der Waals surface area contributed by atoms with Gasteiger partial charge in [0.15, 0.2) is 0 Å². The van der Waals surface area contributed by atoms with Crippen LogP contribution >= 0.6 is 0 Å². The van der Waals surface area contributed by atoms with Gasteiger partial charge in [0.2, 0.25) is 5.91 Å². The summed E-state index contributed by atoms with van der Waals surface area (Å²) < 4.78 is 2.29. The molecule has 2 aromatic carbocycles. The summed E-state index contributed by atoms with van der Waals surface area (Å²) in [5, 5.41) is 5.33. The molecule has 1 aliphatic heterocycles. The maximum atomic E-state index is 12.6. The van der Waals surface area contributed by atoms with Crippen molar-refractivity contribution in [1.82, 2.24) is 14.5 Å². The highest BCUT2D eigenvalue weighted by molar-refractivity contribution is 6.02. The highest BCUT2D eigenvalue weighted by Crippen LogP contribution is 2.23. The number of hydrogen-bond acceptors (Lipinski definition) is 3. The highest BCUT2D eigenvalue weighted by Gasteiger charge is 2.22. The van der Waals surface area contributed by atoms with Crippen molar-refractivity contribution in [2.24, 2.45) is 5.92 Å². The lowest BCUT2D eigenvalue weighted by Crippen LogP contribution is -2.40. The van der Waals surface area contributed by atoms with Crippen LogP contribution in [-0.2, 0) is 17.8 Å². The summed E-state index contributed by atoms with van der Waals surface area (Å²) in [4.78, 5) is 19.3. The standard InChI is InChI=1S/C23H28N4O/c1-2-22-24-12-15-27(22)16-18-10-13-26(14-11-18)17-23(28)25-21-9-5-7-19-6-3-4-8-20(19)21/h3-9,12,15,18H,2,10-11,13-14,16-17H2,1H3,(H,25,28). The molecule has 0 atom stereocenters. The molecule has 2 heterocycles. The number of carbonyl (C=O) groups excluding carboxylic acids is 1. The Kier molecular flexibility index (Phi) is 5.72. The third kappa shape index (κ3) is 4.25. The van der Waals surface area contributed by atoms with E-state index in [1.54, 1.807) is 0 Å². The molecule has 0 radical (unpaired) electrons. The van der Waals surface area contributed by atoms with Gasteiger partial charge in [0.25, 0.3) is 0 Å². The van der Waals surface area contributed by atoms with Gasteiger partial charge in [-0.2, -0.15) is 0 Å². The van der Waals surface area contributed by atoms with Gasteiger partial charge in [0.05, 0.1) is 6.54 Å². The Labute approximate surface area is 166 Å². The van der Waals surface area contributed by atoms with E-state index in [1.807, 2.05) is 30.5 Å². The molecule has 146 valence electrons. The van der Waals surface area contributed by atoms with E-state index >= 15 is 0 Å². The first kappa shape index (κ1) is 18.7. The minimum atomic E-state index is 0.0673. The van der Waals surface area contributed by atoms with Gasteiger partial charge >= 0.3 is 0 Å². The fraction of sp³-hybridized carbons (Fsp3) is 0.391. The van der Waals surface area contributed by atoms with Crippen molar-refractivity contribution in [3.63, 3.8) is 0 Å². The smallest absolute Gasteiger partial charge is 0.238 e. The summed E-state index contributed by atoms with van der Waals surface area (Å²) in [6.07, 6.45) is 7.21. The number of hydrogen-bond donors (Lipinski definition) is 1. The monoisotopic (exact) mass is 376 g/mol. The number of aryl methyl sites for hydroxylation is 1. The molecular formula is C23H28N4O. The third-order valence-electron chi connectivity index (χ3n) is 5.71. The van der Waals surface area contributed by atoms with E-state index in [0.717, 1.165) is 61.2 Å². The number of aromatic nitrogens is 2. The predicted molar refractivity (Wildman–Crippen MR) is 113 cm³/mol. The second kappa shape index (κ2) is 8.57. The van der Waals surface area contributed by atoms with Crippen molar-refractivity contribution in [1.29, 1.82) is 0 Å². The van der Waals surface area contributed by atoms with Gasteiger partial charge in [0, 0.05) is 36.4 Å². The van der Waals surface area contributed by atoms with Crippen molar-refractivity contribution in [3.8, 4) is 0 Å².